The van der Waals surface area contributed by atoms with Crippen LogP contribution in [0, 0.1) is 0 Å². The second-order valence-electron chi connectivity index (χ2n) is 4.28. The Hall–Kier alpha value is -0.940. The zero-order valence-corrected chi connectivity index (χ0v) is 10.3. The number of aromatic nitrogens is 1. The van der Waals surface area contributed by atoms with Crippen molar-refractivity contribution in [2.75, 3.05) is 0 Å². The fourth-order valence-corrected chi connectivity index (χ4v) is 3.06. The van der Waals surface area contributed by atoms with Crippen LogP contribution in [0.2, 0.25) is 0 Å². The Morgan fingerprint density at radius 3 is 3.12 bits per heavy atom. The summed E-state index contributed by atoms with van der Waals surface area (Å²) in [6.45, 7) is 2.71. The van der Waals surface area contributed by atoms with E-state index in [2.05, 4.69) is 10.3 Å². The predicted octanol–water partition coefficient (Wildman–Crippen LogP) is 0.985. The highest BCUT2D eigenvalue weighted by Crippen LogP contribution is 2.27. The van der Waals surface area contributed by atoms with Crippen molar-refractivity contribution in [3.8, 4) is 0 Å². The molecule has 1 aliphatic rings. The first-order valence-corrected chi connectivity index (χ1v) is 6.46. The summed E-state index contributed by atoms with van der Waals surface area (Å²) in [7, 11) is 0. The van der Waals surface area contributed by atoms with Gasteiger partial charge < -0.3 is 11.1 Å². The van der Waals surface area contributed by atoms with Gasteiger partial charge in [0.05, 0.1) is 5.69 Å². The minimum Gasteiger partial charge on any atom is -0.370 e. The molecule has 0 spiro atoms. The minimum absolute atomic E-state index is 0.122. The van der Waals surface area contributed by atoms with Gasteiger partial charge in [-0.15, -0.1) is 11.3 Å². The number of fused-ring (bicyclic) bond motifs is 1. The lowest BCUT2D eigenvalue weighted by atomic mass is 10.2. The first kappa shape index (κ1) is 11.5. The van der Waals surface area contributed by atoms with E-state index in [0.29, 0.717) is 6.42 Å². The summed E-state index contributed by atoms with van der Waals surface area (Å²) in [5.41, 5.74) is 6.41. The van der Waals surface area contributed by atoms with Crippen molar-refractivity contribution in [2.24, 2.45) is 5.73 Å². The van der Waals surface area contributed by atoms with Gasteiger partial charge in [0.15, 0.2) is 0 Å². The highest BCUT2D eigenvalue weighted by Gasteiger charge is 2.16. The van der Waals surface area contributed by atoms with E-state index in [1.54, 1.807) is 11.3 Å². The van der Waals surface area contributed by atoms with Crippen molar-refractivity contribution in [2.45, 2.75) is 45.2 Å². The molecule has 0 aliphatic heterocycles. The van der Waals surface area contributed by atoms with Gasteiger partial charge >= 0.3 is 0 Å². The summed E-state index contributed by atoms with van der Waals surface area (Å²) in [4.78, 5) is 16.7. The highest BCUT2D eigenvalue weighted by atomic mass is 32.1. The molecule has 4 nitrogen and oxygen atoms in total. The fourth-order valence-electron chi connectivity index (χ4n) is 1.95. The Labute approximate surface area is 99.3 Å². The third kappa shape index (κ3) is 2.80. The molecule has 0 saturated heterocycles. The molecule has 3 N–H and O–H groups in total. The van der Waals surface area contributed by atoms with E-state index in [-0.39, 0.29) is 11.9 Å². The van der Waals surface area contributed by atoms with Gasteiger partial charge in [-0.25, -0.2) is 4.98 Å². The maximum Gasteiger partial charge on any atom is 0.218 e. The number of nitrogens with one attached hydrogen (secondary N) is 1. The topological polar surface area (TPSA) is 68.0 Å². The summed E-state index contributed by atoms with van der Waals surface area (Å²) in [6.07, 6.45) is 3.94. The lowest BCUT2D eigenvalue weighted by molar-refractivity contribution is -0.118. The number of hydrogen-bond acceptors (Lipinski definition) is 4. The molecule has 0 saturated carbocycles. The minimum atomic E-state index is -0.262. The molecule has 1 aromatic heterocycles. The van der Waals surface area contributed by atoms with Gasteiger partial charge in [0, 0.05) is 23.9 Å². The summed E-state index contributed by atoms with van der Waals surface area (Å²) in [5.74, 6) is -0.262. The van der Waals surface area contributed by atoms with Crippen LogP contribution in [0.3, 0.4) is 0 Å². The summed E-state index contributed by atoms with van der Waals surface area (Å²) in [5, 5.41) is 4.39. The Kier molecular flexibility index (Phi) is 3.56. The number of nitrogens with zero attached hydrogens (tertiary/aromatic N) is 1. The summed E-state index contributed by atoms with van der Waals surface area (Å²) < 4.78 is 0. The first-order chi connectivity index (χ1) is 7.65. The van der Waals surface area contributed by atoms with E-state index in [0.717, 1.165) is 18.0 Å². The van der Waals surface area contributed by atoms with E-state index in [9.17, 15) is 4.79 Å². The van der Waals surface area contributed by atoms with Crippen LogP contribution in [0.4, 0.5) is 0 Å². The number of aryl methyl sites for hydroxylation is 2. The molecular formula is C11H17N3OS. The molecule has 1 atom stereocenters. The number of thiazole rings is 1. The zero-order valence-electron chi connectivity index (χ0n) is 9.45. The number of carbonyl (C=O) groups is 1. The molecule has 5 heteroatoms. The number of primary amides is 1. The SMILES string of the molecule is CC(CC(N)=O)NCc1nc2c(s1)CCC2. The number of rotatable bonds is 5. The third-order valence-corrected chi connectivity index (χ3v) is 3.91. The summed E-state index contributed by atoms with van der Waals surface area (Å²) in [6, 6.07) is 0.122. The van der Waals surface area contributed by atoms with Gasteiger partial charge in [-0.05, 0) is 26.2 Å². The van der Waals surface area contributed by atoms with Crippen molar-refractivity contribution in [3.63, 3.8) is 0 Å². The molecular weight excluding hydrogens is 222 g/mol. The number of hydrogen-bond donors (Lipinski definition) is 2. The smallest absolute Gasteiger partial charge is 0.218 e. The normalized spacial score (nSPS) is 16.1. The van der Waals surface area contributed by atoms with Gasteiger partial charge in [0.25, 0.3) is 0 Å². The van der Waals surface area contributed by atoms with E-state index in [1.807, 2.05) is 6.92 Å². The Morgan fingerprint density at radius 1 is 1.62 bits per heavy atom. The average molecular weight is 239 g/mol. The molecule has 16 heavy (non-hydrogen) atoms. The Morgan fingerprint density at radius 2 is 2.44 bits per heavy atom. The van der Waals surface area contributed by atoms with Crippen molar-refractivity contribution < 1.29 is 4.79 Å². The van der Waals surface area contributed by atoms with Crippen LogP contribution in [0.15, 0.2) is 0 Å². The van der Waals surface area contributed by atoms with Crippen molar-refractivity contribution in [1.29, 1.82) is 0 Å². The van der Waals surface area contributed by atoms with Gasteiger partial charge in [0.1, 0.15) is 5.01 Å². The standard InChI is InChI=1S/C11H17N3OS/c1-7(5-10(12)15)13-6-11-14-8-3-2-4-9(8)16-11/h7,13H,2-6H2,1H3,(H2,12,15). The number of carbonyl (C=O) groups excluding carboxylic acids is 1. The Balaban J connectivity index is 1.83. The average Bonchev–Trinajstić information content (AvgIpc) is 2.72. The molecule has 1 heterocycles. The van der Waals surface area contributed by atoms with Crippen molar-refractivity contribution >= 4 is 17.2 Å². The monoisotopic (exact) mass is 239 g/mol. The van der Waals surface area contributed by atoms with Gasteiger partial charge in [0.2, 0.25) is 5.91 Å². The molecule has 1 aromatic rings. The molecule has 0 bridgehead atoms. The van der Waals surface area contributed by atoms with Gasteiger partial charge in [-0.2, -0.15) is 0 Å². The molecule has 0 aromatic carbocycles. The Bertz CT molecular complexity index is 367. The number of amides is 1. The molecule has 1 amide bonds. The van der Waals surface area contributed by atoms with E-state index in [1.165, 1.54) is 23.4 Å². The van der Waals surface area contributed by atoms with Gasteiger partial charge in [-0.1, -0.05) is 0 Å². The van der Waals surface area contributed by atoms with Crippen LogP contribution in [0.5, 0.6) is 0 Å². The van der Waals surface area contributed by atoms with Gasteiger partial charge in [-0.3, -0.25) is 4.79 Å². The lowest BCUT2D eigenvalue weighted by Gasteiger charge is -2.09. The van der Waals surface area contributed by atoms with E-state index < -0.39 is 0 Å². The number of nitrogens with two attached hydrogens (primary N) is 1. The van der Waals surface area contributed by atoms with Crippen LogP contribution in [0.25, 0.3) is 0 Å². The van der Waals surface area contributed by atoms with Crippen molar-refractivity contribution in [3.05, 3.63) is 15.6 Å². The second-order valence-corrected chi connectivity index (χ2v) is 5.45. The predicted molar refractivity (Wildman–Crippen MR) is 64.3 cm³/mol. The van der Waals surface area contributed by atoms with E-state index >= 15 is 0 Å². The fraction of sp³-hybridized carbons (Fsp3) is 0.636. The van der Waals surface area contributed by atoms with Crippen molar-refractivity contribution in [1.82, 2.24) is 10.3 Å². The quantitative estimate of drug-likeness (QED) is 0.805. The lowest BCUT2D eigenvalue weighted by Crippen LogP contribution is -2.30. The molecule has 2 rings (SSSR count). The zero-order chi connectivity index (χ0) is 11.5. The highest BCUT2D eigenvalue weighted by molar-refractivity contribution is 7.11. The molecule has 0 fully saturated rings. The van der Waals surface area contributed by atoms with Crippen LogP contribution >= 0.6 is 11.3 Å². The van der Waals surface area contributed by atoms with Crippen LogP contribution in [0.1, 0.15) is 35.3 Å². The first-order valence-electron chi connectivity index (χ1n) is 5.64. The maximum absolute atomic E-state index is 10.7. The van der Waals surface area contributed by atoms with E-state index in [4.69, 9.17) is 5.73 Å². The van der Waals surface area contributed by atoms with Crippen LogP contribution in [-0.4, -0.2) is 16.9 Å². The molecule has 1 unspecified atom stereocenters. The molecule has 0 radical (unpaired) electrons. The summed E-state index contributed by atoms with van der Waals surface area (Å²) >= 11 is 1.79. The second kappa shape index (κ2) is 4.93. The third-order valence-electron chi connectivity index (χ3n) is 2.75. The van der Waals surface area contributed by atoms with Crippen LogP contribution in [-0.2, 0) is 24.2 Å². The maximum atomic E-state index is 10.7. The molecule has 1 aliphatic carbocycles. The molecule has 88 valence electrons. The largest absolute Gasteiger partial charge is 0.370 e. The van der Waals surface area contributed by atoms with Crippen LogP contribution < -0.4 is 11.1 Å².